The first-order valence-corrected chi connectivity index (χ1v) is 9.22. The zero-order chi connectivity index (χ0) is 17.9. The lowest BCUT2D eigenvalue weighted by molar-refractivity contribution is 0.580. The number of nitrogens with one attached hydrogen (secondary N) is 1. The summed E-state index contributed by atoms with van der Waals surface area (Å²) in [5, 5.41) is 4.09. The van der Waals surface area contributed by atoms with Crippen molar-refractivity contribution in [3.8, 4) is 11.3 Å². The van der Waals surface area contributed by atoms with E-state index in [9.17, 15) is 12.8 Å². The first-order chi connectivity index (χ1) is 11.9. The van der Waals surface area contributed by atoms with Gasteiger partial charge in [0.2, 0.25) is 10.0 Å². The number of aryl methyl sites for hydroxylation is 1. The number of rotatable bonds is 6. The summed E-state index contributed by atoms with van der Waals surface area (Å²) in [6, 6.07) is 9.03. The lowest BCUT2D eigenvalue weighted by Gasteiger charge is -2.07. The van der Waals surface area contributed by atoms with Gasteiger partial charge in [0.05, 0.1) is 17.6 Å². The third-order valence-electron chi connectivity index (χ3n) is 3.59. The monoisotopic (exact) mass is 360 g/mol. The predicted molar refractivity (Wildman–Crippen MR) is 92.3 cm³/mol. The standard InChI is InChI=1S/C17H17FN4O2S/c1-22-11-15(10-20-22)17-7-4-14(8-19-17)9-21-25(23,24)12-13-2-5-16(18)6-3-13/h2-8,10-11,21H,9,12H2,1H3. The summed E-state index contributed by atoms with van der Waals surface area (Å²) < 4.78 is 41.3. The molecule has 0 amide bonds. The van der Waals surface area contributed by atoms with Gasteiger partial charge in [0.25, 0.3) is 0 Å². The molecule has 2 heterocycles. The number of aromatic nitrogens is 3. The predicted octanol–water partition coefficient (Wildman–Crippen LogP) is 2.24. The summed E-state index contributed by atoms with van der Waals surface area (Å²) in [4.78, 5) is 4.33. The minimum Gasteiger partial charge on any atom is -0.275 e. The fourth-order valence-corrected chi connectivity index (χ4v) is 3.42. The highest BCUT2D eigenvalue weighted by atomic mass is 32.2. The van der Waals surface area contributed by atoms with Crippen LogP contribution in [0.4, 0.5) is 4.39 Å². The van der Waals surface area contributed by atoms with Crippen LogP contribution in [0.25, 0.3) is 11.3 Å². The summed E-state index contributed by atoms with van der Waals surface area (Å²) in [7, 11) is -1.69. The van der Waals surface area contributed by atoms with E-state index in [-0.39, 0.29) is 12.3 Å². The van der Waals surface area contributed by atoms with Gasteiger partial charge in [-0.1, -0.05) is 18.2 Å². The van der Waals surface area contributed by atoms with Gasteiger partial charge in [-0.2, -0.15) is 5.10 Å². The molecule has 1 aromatic carbocycles. The van der Waals surface area contributed by atoms with Crippen molar-refractivity contribution < 1.29 is 12.8 Å². The Morgan fingerprint density at radius 1 is 1.08 bits per heavy atom. The smallest absolute Gasteiger partial charge is 0.216 e. The molecule has 1 N–H and O–H groups in total. The lowest BCUT2D eigenvalue weighted by Crippen LogP contribution is -2.24. The van der Waals surface area contributed by atoms with Crippen LogP contribution in [0.15, 0.2) is 55.0 Å². The van der Waals surface area contributed by atoms with Crippen molar-refractivity contribution in [3.05, 3.63) is 71.9 Å². The summed E-state index contributed by atoms with van der Waals surface area (Å²) in [6.07, 6.45) is 5.20. The van der Waals surface area contributed by atoms with E-state index in [0.717, 1.165) is 16.8 Å². The van der Waals surface area contributed by atoms with Crippen molar-refractivity contribution in [2.75, 3.05) is 0 Å². The molecule has 8 heteroatoms. The summed E-state index contributed by atoms with van der Waals surface area (Å²) in [5.74, 6) is -0.594. The zero-order valence-electron chi connectivity index (χ0n) is 13.6. The summed E-state index contributed by atoms with van der Waals surface area (Å²) in [5.41, 5.74) is 2.94. The van der Waals surface area contributed by atoms with Crippen molar-refractivity contribution in [1.82, 2.24) is 19.5 Å². The second-order valence-electron chi connectivity index (χ2n) is 5.66. The largest absolute Gasteiger partial charge is 0.275 e. The Balaban J connectivity index is 1.61. The SMILES string of the molecule is Cn1cc(-c2ccc(CNS(=O)(=O)Cc3ccc(F)cc3)cn2)cn1. The number of sulfonamides is 1. The Kier molecular flexibility index (Phi) is 4.91. The Bertz CT molecular complexity index is 951. The van der Waals surface area contributed by atoms with Gasteiger partial charge in [0.1, 0.15) is 5.82 Å². The Labute approximate surface area is 145 Å². The molecule has 0 spiro atoms. The van der Waals surface area contributed by atoms with E-state index < -0.39 is 15.8 Å². The van der Waals surface area contributed by atoms with Crippen molar-refractivity contribution in [3.63, 3.8) is 0 Å². The topological polar surface area (TPSA) is 76.9 Å². The molecule has 3 aromatic rings. The molecule has 6 nitrogen and oxygen atoms in total. The van der Waals surface area contributed by atoms with Crippen molar-refractivity contribution in [2.45, 2.75) is 12.3 Å². The number of benzene rings is 1. The van der Waals surface area contributed by atoms with Crippen LogP contribution in [0.5, 0.6) is 0 Å². The van der Waals surface area contributed by atoms with Crippen molar-refractivity contribution in [2.24, 2.45) is 7.05 Å². The van der Waals surface area contributed by atoms with Crippen LogP contribution in [0, 0.1) is 5.82 Å². The van der Waals surface area contributed by atoms with Gasteiger partial charge in [-0.25, -0.2) is 17.5 Å². The maximum Gasteiger partial charge on any atom is 0.216 e. The average molecular weight is 360 g/mol. The third-order valence-corrected chi connectivity index (χ3v) is 4.89. The Morgan fingerprint density at radius 3 is 2.40 bits per heavy atom. The molecule has 0 fully saturated rings. The molecule has 0 unspecified atom stereocenters. The van der Waals surface area contributed by atoms with Gasteiger partial charge in [0, 0.05) is 31.5 Å². The van der Waals surface area contributed by atoms with E-state index >= 15 is 0 Å². The Morgan fingerprint density at radius 2 is 1.80 bits per heavy atom. The number of halogens is 1. The second kappa shape index (κ2) is 7.12. The first-order valence-electron chi connectivity index (χ1n) is 7.57. The van der Waals surface area contributed by atoms with Crippen LogP contribution < -0.4 is 4.72 Å². The molecule has 0 bridgehead atoms. The molecule has 3 rings (SSSR count). The van der Waals surface area contributed by atoms with E-state index in [1.54, 1.807) is 17.1 Å². The van der Waals surface area contributed by atoms with Crippen LogP contribution in [-0.4, -0.2) is 23.2 Å². The van der Waals surface area contributed by atoms with Crippen molar-refractivity contribution in [1.29, 1.82) is 0 Å². The number of pyridine rings is 1. The number of hydrogen-bond acceptors (Lipinski definition) is 4. The van der Waals surface area contributed by atoms with Crippen LogP contribution in [-0.2, 0) is 29.4 Å². The van der Waals surface area contributed by atoms with Gasteiger partial charge in [-0.15, -0.1) is 0 Å². The minimum absolute atomic E-state index is 0.143. The summed E-state index contributed by atoms with van der Waals surface area (Å²) in [6.45, 7) is 0.143. The molecular formula is C17H17FN4O2S. The maximum atomic E-state index is 12.9. The van der Waals surface area contributed by atoms with Gasteiger partial charge >= 0.3 is 0 Å². The van der Waals surface area contributed by atoms with E-state index in [2.05, 4.69) is 14.8 Å². The maximum absolute atomic E-state index is 12.9. The van der Waals surface area contributed by atoms with E-state index in [1.807, 2.05) is 25.4 Å². The highest BCUT2D eigenvalue weighted by Gasteiger charge is 2.12. The molecule has 25 heavy (non-hydrogen) atoms. The van der Waals surface area contributed by atoms with Gasteiger partial charge in [-0.3, -0.25) is 9.67 Å². The molecule has 0 saturated heterocycles. The van der Waals surface area contributed by atoms with Crippen LogP contribution in [0.2, 0.25) is 0 Å². The highest BCUT2D eigenvalue weighted by molar-refractivity contribution is 7.88. The molecule has 0 radical (unpaired) electrons. The zero-order valence-corrected chi connectivity index (χ0v) is 14.4. The third kappa shape index (κ3) is 4.71. The van der Waals surface area contributed by atoms with Crippen LogP contribution >= 0.6 is 0 Å². The number of hydrogen-bond donors (Lipinski definition) is 1. The molecule has 0 aliphatic carbocycles. The molecule has 0 aliphatic rings. The first kappa shape index (κ1) is 17.2. The normalized spacial score (nSPS) is 11.6. The molecule has 0 saturated carbocycles. The molecule has 0 aliphatic heterocycles. The van der Waals surface area contributed by atoms with E-state index in [1.165, 1.54) is 24.3 Å². The van der Waals surface area contributed by atoms with Crippen LogP contribution in [0.1, 0.15) is 11.1 Å². The average Bonchev–Trinajstić information content (AvgIpc) is 3.02. The fourth-order valence-electron chi connectivity index (χ4n) is 2.30. The molecule has 130 valence electrons. The van der Waals surface area contributed by atoms with Crippen molar-refractivity contribution >= 4 is 10.0 Å². The summed E-state index contributed by atoms with van der Waals surface area (Å²) >= 11 is 0. The molecule has 0 atom stereocenters. The fraction of sp³-hybridized carbons (Fsp3) is 0.176. The minimum atomic E-state index is -3.52. The Hall–Kier alpha value is -2.58. The molecular weight excluding hydrogens is 343 g/mol. The quantitative estimate of drug-likeness (QED) is 0.731. The van der Waals surface area contributed by atoms with Gasteiger partial charge < -0.3 is 0 Å². The van der Waals surface area contributed by atoms with Gasteiger partial charge in [0.15, 0.2) is 0 Å². The highest BCUT2D eigenvalue weighted by Crippen LogP contribution is 2.15. The molecule has 2 aromatic heterocycles. The van der Waals surface area contributed by atoms with Gasteiger partial charge in [-0.05, 0) is 29.3 Å². The van der Waals surface area contributed by atoms with E-state index in [4.69, 9.17) is 0 Å². The van der Waals surface area contributed by atoms with E-state index in [0.29, 0.717) is 5.56 Å². The lowest BCUT2D eigenvalue weighted by atomic mass is 10.2. The second-order valence-corrected chi connectivity index (χ2v) is 7.47. The number of nitrogens with zero attached hydrogens (tertiary/aromatic N) is 3. The van der Waals surface area contributed by atoms with Crippen LogP contribution in [0.3, 0.4) is 0 Å².